The van der Waals surface area contributed by atoms with Crippen molar-refractivity contribution in [1.82, 2.24) is 0 Å². The molecule has 0 heterocycles. The van der Waals surface area contributed by atoms with Gasteiger partial charge in [-0.1, -0.05) is 22.9 Å². The molecular weight excluding hydrogens is 251 g/mol. The van der Waals surface area contributed by atoms with E-state index in [0.717, 1.165) is 15.1 Å². The minimum absolute atomic E-state index is 0.519. The van der Waals surface area contributed by atoms with Crippen molar-refractivity contribution in [3.8, 4) is 0 Å². The van der Waals surface area contributed by atoms with Crippen molar-refractivity contribution >= 4 is 40.3 Å². The Morgan fingerprint density at radius 1 is 1.38 bits per heavy atom. The molecule has 0 spiro atoms. The van der Waals surface area contributed by atoms with Crippen molar-refractivity contribution in [1.29, 1.82) is 0 Å². The number of benzene rings is 1. The van der Waals surface area contributed by atoms with Crippen LogP contribution in [0.1, 0.15) is 6.92 Å². The molecule has 0 bridgehead atoms. The van der Waals surface area contributed by atoms with Crippen LogP contribution in [0.4, 0.5) is 0 Å². The molecule has 0 atom stereocenters. The second kappa shape index (κ2) is 5.05. The third-order valence-corrected chi connectivity index (χ3v) is 2.82. The zero-order chi connectivity index (χ0) is 9.84. The van der Waals surface area contributed by atoms with Gasteiger partial charge in [0.15, 0.2) is 0 Å². The van der Waals surface area contributed by atoms with Gasteiger partial charge in [-0.15, -0.1) is 11.8 Å². The summed E-state index contributed by atoms with van der Waals surface area (Å²) in [6.07, 6.45) is 0. The first-order valence-electron chi connectivity index (χ1n) is 3.93. The molecular formula is C8H10BBrO2S. The summed E-state index contributed by atoms with van der Waals surface area (Å²) in [4.78, 5) is 1.04. The second-order valence-corrected chi connectivity index (χ2v) is 4.78. The molecule has 1 aromatic carbocycles. The van der Waals surface area contributed by atoms with Crippen LogP contribution < -0.4 is 5.46 Å². The standard InChI is InChI=1S/C8H10BBrO2S/c1-2-13-8-4-6(9(11)12)3-7(10)5-8/h3-5,11-12H,2H2,1H3. The van der Waals surface area contributed by atoms with Crippen molar-refractivity contribution < 1.29 is 10.0 Å². The summed E-state index contributed by atoms with van der Waals surface area (Å²) < 4.78 is 0.869. The van der Waals surface area contributed by atoms with E-state index in [1.54, 1.807) is 23.9 Å². The molecule has 0 aliphatic carbocycles. The van der Waals surface area contributed by atoms with Crippen LogP contribution in [-0.2, 0) is 0 Å². The molecule has 2 N–H and O–H groups in total. The maximum Gasteiger partial charge on any atom is 0.488 e. The Hall–Kier alpha value is 0.0349. The highest BCUT2D eigenvalue weighted by molar-refractivity contribution is 9.10. The Balaban J connectivity index is 2.96. The lowest BCUT2D eigenvalue weighted by Gasteiger charge is -2.04. The summed E-state index contributed by atoms with van der Waals surface area (Å²) in [5.41, 5.74) is 0.519. The Kier molecular flexibility index (Phi) is 4.32. The van der Waals surface area contributed by atoms with Gasteiger partial charge in [-0.05, 0) is 29.4 Å². The molecule has 1 aromatic rings. The predicted octanol–water partition coefficient (Wildman–Crippen LogP) is 1.24. The summed E-state index contributed by atoms with van der Waals surface area (Å²) >= 11 is 4.98. The van der Waals surface area contributed by atoms with E-state index in [1.165, 1.54) is 0 Å². The lowest BCUT2D eigenvalue weighted by Crippen LogP contribution is -2.29. The first-order valence-corrected chi connectivity index (χ1v) is 5.70. The number of halogens is 1. The van der Waals surface area contributed by atoms with E-state index in [4.69, 9.17) is 10.0 Å². The molecule has 0 saturated carbocycles. The zero-order valence-electron chi connectivity index (χ0n) is 7.20. The van der Waals surface area contributed by atoms with Gasteiger partial charge in [-0.2, -0.15) is 0 Å². The summed E-state index contributed by atoms with van der Waals surface area (Å²) in [6, 6.07) is 5.44. The van der Waals surface area contributed by atoms with E-state index in [0.29, 0.717) is 5.46 Å². The van der Waals surface area contributed by atoms with E-state index >= 15 is 0 Å². The van der Waals surface area contributed by atoms with E-state index in [2.05, 4.69) is 22.9 Å². The lowest BCUT2D eigenvalue weighted by atomic mass is 9.80. The minimum Gasteiger partial charge on any atom is -0.423 e. The molecule has 0 aliphatic rings. The van der Waals surface area contributed by atoms with E-state index in [-0.39, 0.29) is 0 Å². The van der Waals surface area contributed by atoms with Gasteiger partial charge in [0.1, 0.15) is 0 Å². The van der Waals surface area contributed by atoms with Gasteiger partial charge in [0.2, 0.25) is 0 Å². The quantitative estimate of drug-likeness (QED) is 0.635. The van der Waals surface area contributed by atoms with Crippen LogP contribution in [0.2, 0.25) is 0 Å². The fourth-order valence-electron chi connectivity index (χ4n) is 0.983. The smallest absolute Gasteiger partial charge is 0.423 e. The summed E-state index contributed by atoms with van der Waals surface area (Å²) in [5, 5.41) is 17.9. The number of hydrogen-bond acceptors (Lipinski definition) is 3. The molecule has 0 unspecified atom stereocenters. The van der Waals surface area contributed by atoms with E-state index in [9.17, 15) is 0 Å². The number of hydrogen-bond donors (Lipinski definition) is 2. The van der Waals surface area contributed by atoms with Gasteiger partial charge in [-0.25, -0.2) is 0 Å². The Bertz CT molecular complexity index is 293. The lowest BCUT2D eigenvalue weighted by molar-refractivity contribution is 0.425. The van der Waals surface area contributed by atoms with Crippen LogP contribution in [0.25, 0.3) is 0 Å². The van der Waals surface area contributed by atoms with Crippen LogP contribution in [0.5, 0.6) is 0 Å². The van der Waals surface area contributed by atoms with Gasteiger partial charge in [-0.3, -0.25) is 0 Å². The van der Waals surface area contributed by atoms with Gasteiger partial charge in [0, 0.05) is 9.37 Å². The Morgan fingerprint density at radius 2 is 2.08 bits per heavy atom. The van der Waals surface area contributed by atoms with Gasteiger partial charge >= 0.3 is 7.12 Å². The zero-order valence-corrected chi connectivity index (χ0v) is 9.60. The van der Waals surface area contributed by atoms with Crippen molar-refractivity contribution in [2.45, 2.75) is 11.8 Å². The Labute approximate surface area is 90.6 Å². The van der Waals surface area contributed by atoms with Crippen molar-refractivity contribution in [2.75, 3.05) is 5.75 Å². The SMILES string of the molecule is CCSc1cc(Br)cc(B(O)O)c1. The fourth-order valence-corrected chi connectivity index (χ4v) is 2.41. The average molecular weight is 261 g/mol. The van der Waals surface area contributed by atoms with Gasteiger partial charge in [0.05, 0.1) is 0 Å². The third-order valence-electron chi connectivity index (χ3n) is 1.50. The first kappa shape index (κ1) is 11.1. The molecule has 0 aliphatic heterocycles. The maximum absolute atomic E-state index is 8.97. The molecule has 0 amide bonds. The first-order chi connectivity index (χ1) is 6.13. The largest absolute Gasteiger partial charge is 0.488 e. The highest BCUT2D eigenvalue weighted by Crippen LogP contribution is 2.20. The predicted molar refractivity (Wildman–Crippen MR) is 60.4 cm³/mol. The van der Waals surface area contributed by atoms with Crippen molar-refractivity contribution in [3.63, 3.8) is 0 Å². The summed E-state index contributed by atoms with van der Waals surface area (Å²) in [5.74, 6) is 0.970. The highest BCUT2D eigenvalue weighted by Gasteiger charge is 2.12. The van der Waals surface area contributed by atoms with Crippen LogP contribution in [-0.4, -0.2) is 22.9 Å². The highest BCUT2D eigenvalue weighted by atomic mass is 79.9. The Morgan fingerprint density at radius 3 is 2.62 bits per heavy atom. The number of rotatable bonds is 3. The van der Waals surface area contributed by atoms with Gasteiger partial charge < -0.3 is 10.0 Å². The normalized spacial score (nSPS) is 10.2. The number of thioether (sulfide) groups is 1. The minimum atomic E-state index is -1.39. The molecule has 13 heavy (non-hydrogen) atoms. The average Bonchev–Trinajstić information content (AvgIpc) is 2.03. The van der Waals surface area contributed by atoms with Crippen molar-refractivity contribution in [2.24, 2.45) is 0 Å². The molecule has 5 heteroatoms. The molecule has 1 rings (SSSR count). The molecule has 2 nitrogen and oxygen atoms in total. The van der Waals surface area contributed by atoms with Crippen molar-refractivity contribution in [3.05, 3.63) is 22.7 Å². The molecule has 70 valence electrons. The fraction of sp³-hybridized carbons (Fsp3) is 0.250. The second-order valence-electron chi connectivity index (χ2n) is 2.53. The van der Waals surface area contributed by atoms with E-state index in [1.807, 2.05) is 6.07 Å². The van der Waals surface area contributed by atoms with Gasteiger partial charge in [0.25, 0.3) is 0 Å². The third kappa shape index (κ3) is 3.34. The molecule has 0 saturated heterocycles. The van der Waals surface area contributed by atoms with Crippen LogP contribution in [0, 0.1) is 0 Å². The molecule has 0 aromatic heterocycles. The monoisotopic (exact) mass is 260 g/mol. The maximum atomic E-state index is 8.97. The van der Waals surface area contributed by atoms with E-state index < -0.39 is 7.12 Å². The summed E-state index contributed by atoms with van der Waals surface area (Å²) in [6.45, 7) is 2.06. The van der Waals surface area contributed by atoms with Crippen LogP contribution >= 0.6 is 27.7 Å². The van der Waals surface area contributed by atoms with Crippen LogP contribution in [0.15, 0.2) is 27.6 Å². The summed E-state index contributed by atoms with van der Waals surface area (Å²) in [7, 11) is -1.39. The molecule has 0 radical (unpaired) electrons. The topological polar surface area (TPSA) is 40.5 Å². The molecule has 0 fully saturated rings. The van der Waals surface area contributed by atoms with Crippen LogP contribution in [0.3, 0.4) is 0 Å².